The Bertz CT molecular complexity index is 662. The number of nitrogens with two attached hydrogens (primary N) is 1. The molecular formula is C16H16BrFN2O. The molecular weight excluding hydrogens is 335 g/mol. The maximum atomic E-state index is 13.9. The average molecular weight is 351 g/mol. The maximum absolute atomic E-state index is 13.9. The van der Waals surface area contributed by atoms with Gasteiger partial charge in [-0.1, -0.05) is 47.1 Å². The van der Waals surface area contributed by atoms with Crippen LogP contribution >= 0.6 is 15.9 Å². The molecule has 5 heteroatoms. The normalized spacial score (nSPS) is 13.5. The molecule has 0 spiro atoms. The zero-order valence-corrected chi connectivity index (χ0v) is 13.2. The van der Waals surface area contributed by atoms with Gasteiger partial charge in [0.1, 0.15) is 11.4 Å². The highest BCUT2D eigenvalue weighted by molar-refractivity contribution is 9.10. The van der Waals surface area contributed by atoms with Gasteiger partial charge in [0, 0.05) is 4.47 Å². The molecule has 3 N–H and O–H groups in total. The van der Waals surface area contributed by atoms with Gasteiger partial charge < -0.3 is 11.1 Å². The second-order valence-electron chi connectivity index (χ2n) is 4.74. The summed E-state index contributed by atoms with van der Waals surface area (Å²) in [6.07, 6.45) is 0.396. The molecule has 0 radical (unpaired) electrons. The van der Waals surface area contributed by atoms with Gasteiger partial charge in [-0.2, -0.15) is 0 Å². The first-order valence-electron chi connectivity index (χ1n) is 6.58. The first-order chi connectivity index (χ1) is 9.99. The second kappa shape index (κ2) is 6.26. The molecule has 0 aliphatic rings. The van der Waals surface area contributed by atoms with Gasteiger partial charge >= 0.3 is 0 Å². The van der Waals surface area contributed by atoms with Crippen LogP contribution in [0.25, 0.3) is 0 Å². The summed E-state index contributed by atoms with van der Waals surface area (Å²) < 4.78 is 14.7. The largest absolute Gasteiger partial charge is 0.367 e. The summed E-state index contributed by atoms with van der Waals surface area (Å²) in [4.78, 5) is 12.1. The van der Waals surface area contributed by atoms with Gasteiger partial charge in [-0.3, -0.25) is 4.79 Å². The minimum atomic E-state index is -1.16. The van der Waals surface area contributed by atoms with Crippen molar-refractivity contribution in [2.75, 3.05) is 5.32 Å². The molecule has 0 aromatic heterocycles. The molecule has 0 saturated carbocycles. The molecule has 2 rings (SSSR count). The van der Waals surface area contributed by atoms with E-state index in [-0.39, 0.29) is 5.69 Å². The number of carbonyl (C=O) groups excluding carboxylic acids is 1. The van der Waals surface area contributed by atoms with Gasteiger partial charge in [0.05, 0.1) is 5.69 Å². The number of rotatable bonds is 5. The van der Waals surface area contributed by atoms with Crippen molar-refractivity contribution in [2.45, 2.75) is 18.9 Å². The van der Waals surface area contributed by atoms with Crippen LogP contribution in [0.4, 0.5) is 10.1 Å². The molecule has 3 nitrogen and oxygen atoms in total. The van der Waals surface area contributed by atoms with E-state index in [1.54, 1.807) is 24.3 Å². The van der Waals surface area contributed by atoms with Crippen LogP contribution in [-0.2, 0) is 10.3 Å². The molecule has 2 aromatic carbocycles. The van der Waals surface area contributed by atoms with Crippen molar-refractivity contribution in [3.63, 3.8) is 0 Å². The third-order valence-corrected chi connectivity index (χ3v) is 3.98. The predicted octanol–water partition coefficient (Wildman–Crippen LogP) is 3.79. The Balaban J connectivity index is 2.53. The minimum Gasteiger partial charge on any atom is -0.367 e. The van der Waals surface area contributed by atoms with E-state index in [2.05, 4.69) is 21.2 Å². The lowest BCUT2D eigenvalue weighted by Crippen LogP contribution is -2.47. The lowest BCUT2D eigenvalue weighted by molar-refractivity contribution is -0.122. The van der Waals surface area contributed by atoms with Gasteiger partial charge in [0.15, 0.2) is 0 Å². The molecule has 1 unspecified atom stereocenters. The second-order valence-corrected chi connectivity index (χ2v) is 5.65. The highest BCUT2D eigenvalue weighted by Crippen LogP contribution is 2.32. The molecule has 0 heterocycles. The molecule has 21 heavy (non-hydrogen) atoms. The lowest BCUT2D eigenvalue weighted by atomic mass is 9.86. The van der Waals surface area contributed by atoms with E-state index in [0.717, 1.165) is 4.47 Å². The lowest BCUT2D eigenvalue weighted by Gasteiger charge is -2.32. The number of halogens is 2. The van der Waals surface area contributed by atoms with Gasteiger partial charge in [0.2, 0.25) is 5.91 Å². The number of hydrogen-bond donors (Lipinski definition) is 2. The van der Waals surface area contributed by atoms with E-state index in [9.17, 15) is 9.18 Å². The molecule has 1 amide bonds. The monoisotopic (exact) mass is 350 g/mol. The van der Waals surface area contributed by atoms with Crippen LogP contribution in [0.1, 0.15) is 18.9 Å². The third-order valence-electron chi connectivity index (χ3n) is 3.49. The molecule has 0 aliphatic carbocycles. The van der Waals surface area contributed by atoms with Crippen LogP contribution in [0.2, 0.25) is 0 Å². The van der Waals surface area contributed by atoms with Crippen molar-refractivity contribution in [3.8, 4) is 0 Å². The Hall–Kier alpha value is -1.88. The summed E-state index contributed by atoms with van der Waals surface area (Å²) in [6.45, 7) is 1.83. The van der Waals surface area contributed by atoms with E-state index in [4.69, 9.17) is 5.73 Å². The number of carbonyl (C=O) groups is 1. The van der Waals surface area contributed by atoms with Gasteiger partial charge in [-0.25, -0.2) is 4.39 Å². The van der Waals surface area contributed by atoms with Crippen molar-refractivity contribution in [1.82, 2.24) is 0 Å². The maximum Gasteiger partial charge on any atom is 0.247 e. The Kier molecular flexibility index (Phi) is 4.63. The number of primary amides is 1. The number of anilines is 1. The van der Waals surface area contributed by atoms with Crippen LogP contribution in [0.3, 0.4) is 0 Å². The van der Waals surface area contributed by atoms with E-state index < -0.39 is 17.3 Å². The van der Waals surface area contributed by atoms with Gasteiger partial charge in [-0.15, -0.1) is 0 Å². The Morgan fingerprint density at radius 2 is 2.00 bits per heavy atom. The third kappa shape index (κ3) is 3.08. The number of para-hydroxylation sites is 1. The van der Waals surface area contributed by atoms with Crippen LogP contribution in [0.15, 0.2) is 53.0 Å². The summed E-state index contributed by atoms with van der Waals surface area (Å²) in [5, 5.41) is 2.98. The Morgan fingerprint density at radius 1 is 1.29 bits per heavy atom. The van der Waals surface area contributed by atoms with Crippen LogP contribution < -0.4 is 11.1 Å². The van der Waals surface area contributed by atoms with E-state index >= 15 is 0 Å². The minimum absolute atomic E-state index is 0.248. The zero-order chi connectivity index (χ0) is 15.5. The predicted molar refractivity (Wildman–Crippen MR) is 85.3 cm³/mol. The molecule has 110 valence electrons. The van der Waals surface area contributed by atoms with E-state index in [0.29, 0.717) is 12.0 Å². The molecule has 0 saturated heterocycles. The smallest absolute Gasteiger partial charge is 0.247 e. The fourth-order valence-corrected chi connectivity index (χ4v) is 2.69. The average Bonchev–Trinajstić information content (AvgIpc) is 2.46. The quantitative estimate of drug-likeness (QED) is 0.861. The molecule has 0 bridgehead atoms. The summed E-state index contributed by atoms with van der Waals surface area (Å²) >= 11 is 3.38. The fourth-order valence-electron chi connectivity index (χ4n) is 2.29. The van der Waals surface area contributed by atoms with E-state index in [1.165, 1.54) is 6.07 Å². The number of amides is 1. The molecule has 1 atom stereocenters. The first-order valence-corrected chi connectivity index (χ1v) is 7.37. The first kappa shape index (κ1) is 15.5. The van der Waals surface area contributed by atoms with Gasteiger partial charge in [0.25, 0.3) is 0 Å². The summed E-state index contributed by atoms with van der Waals surface area (Å²) in [5.41, 5.74) is 5.40. The van der Waals surface area contributed by atoms with Crippen molar-refractivity contribution < 1.29 is 9.18 Å². The summed E-state index contributed by atoms with van der Waals surface area (Å²) in [7, 11) is 0. The Morgan fingerprint density at radius 3 is 2.57 bits per heavy atom. The zero-order valence-electron chi connectivity index (χ0n) is 11.6. The highest BCUT2D eigenvalue weighted by atomic mass is 79.9. The molecule has 0 fully saturated rings. The standard InChI is InChI=1S/C16H16BrFN2O/c1-2-16(15(19)21,11-6-5-7-12(17)10-11)20-14-9-4-3-8-13(14)18/h3-10,20H,2H2,1H3,(H2,19,21). The van der Waals surface area contributed by atoms with Gasteiger partial charge in [-0.05, 0) is 36.2 Å². The van der Waals surface area contributed by atoms with E-state index in [1.807, 2.05) is 25.1 Å². The Labute approximate surface area is 131 Å². The van der Waals surface area contributed by atoms with Crippen molar-refractivity contribution >= 4 is 27.5 Å². The number of hydrogen-bond acceptors (Lipinski definition) is 2. The van der Waals surface area contributed by atoms with Crippen molar-refractivity contribution in [1.29, 1.82) is 0 Å². The summed E-state index contributed by atoms with van der Waals surface area (Å²) in [5.74, 6) is -0.974. The van der Waals surface area contributed by atoms with Crippen LogP contribution in [0.5, 0.6) is 0 Å². The van der Waals surface area contributed by atoms with Crippen LogP contribution in [0, 0.1) is 5.82 Å². The number of nitrogens with one attached hydrogen (secondary N) is 1. The van der Waals surface area contributed by atoms with Crippen LogP contribution in [-0.4, -0.2) is 5.91 Å². The highest BCUT2D eigenvalue weighted by Gasteiger charge is 2.37. The molecule has 2 aromatic rings. The van der Waals surface area contributed by atoms with Crippen molar-refractivity contribution in [3.05, 3.63) is 64.4 Å². The fraction of sp³-hybridized carbons (Fsp3) is 0.188. The molecule has 0 aliphatic heterocycles. The number of benzene rings is 2. The summed E-state index contributed by atoms with van der Waals surface area (Å²) in [6, 6.07) is 13.5. The SMILES string of the molecule is CCC(Nc1ccccc1F)(C(N)=O)c1cccc(Br)c1. The van der Waals surface area contributed by atoms with Crippen molar-refractivity contribution in [2.24, 2.45) is 5.73 Å². The topological polar surface area (TPSA) is 55.1 Å².